The van der Waals surface area contributed by atoms with Crippen LogP contribution >= 0.6 is 0 Å². The molecular weight excluding hydrogens is 210 g/mol. The van der Waals surface area contributed by atoms with Crippen molar-refractivity contribution in [2.75, 3.05) is 13.1 Å². The normalized spacial score (nSPS) is 24.2. The molecule has 2 heteroatoms. The summed E-state index contributed by atoms with van der Waals surface area (Å²) in [5.41, 5.74) is 0.778. The van der Waals surface area contributed by atoms with Crippen molar-refractivity contribution in [1.82, 2.24) is 5.32 Å². The molecule has 2 atom stereocenters. The summed E-state index contributed by atoms with van der Waals surface area (Å²) in [4.78, 5) is 0. The van der Waals surface area contributed by atoms with Crippen LogP contribution in [0.2, 0.25) is 0 Å². The first-order valence-corrected chi connectivity index (χ1v) is 6.65. The van der Waals surface area contributed by atoms with Gasteiger partial charge in [0.15, 0.2) is 0 Å². The Labute approximate surface area is 104 Å². The summed E-state index contributed by atoms with van der Waals surface area (Å²) < 4.78 is 0. The third-order valence-corrected chi connectivity index (χ3v) is 3.94. The molecule has 0 amide bonds. The summed E-state index contributed by atoms with van der Waals surface area (Å²) >= 11 is 0. The zero-order chi connectivity index (χ0) is 12.1. The van der Waals surface area contributed by atoms with E-state index in [0.717, 1.165) is 32.4 Å². The van der Waals surface area contributed by atoms with Crippen LogP contribution in [0.5, 0.6) is 0 Å². The number of aryl methyl sites for hydroxylation is 1. The smallest absolute Gasteiger partial charge is 0.0663 e. The maximum Gasteiger partial charge on any atom is 0.0663 e. The van der Waals surface area contributed by atoms with Crippen molar-refractivity contribution in [3.05, 3.63) is 35.9 Å². The van der Waals surface area contributed by atoms with Crippen molar-refractivity contribution >= 4 is 0 Å². The minimum Gasteiger partial charge on any atom is -0.390 e. The van der Waals surface area contributed by atoms with Gasteiger partial charge < -0.3 is 10.4 Å². The first-order valence-electron chi connectivity index (χ1n) is 6.65. The fourth-order valence-corrected chi connectivity index (χ4v) is 2.63. The number of benzene rings is 1. The van der Waals surface area contributed by atoms with Crippen LogP contribution in [0, 0.1) is 5.92 Å². The SMILES string of the molecule is CC(O)(CCc1ccccc1)C1CCCNC1. The summed E-state index contributed by atoms with van der Waals surface area (Å²) in [7, 11) is 0. The van der Waals surface area contributed by atoms with Gasteiger partial charge in [0.1, 0.15) is 0 Å². The molecular formula is C15H23NO. The molecule has 1 aromatic carbocycles. The predicted molar refractivity (Wildman–Crippen MR) is 71.0 cm³/mol. The lowest BCUT2D eigenvalue weighted by atomic mass is 9.80. The average molecular weight is 233 g/mol. The van der Waals surface area contributed by atoms with Gasteiger partial charge in [-0.3, -0.25) is 0 Å². The van der Waals surface area contributed by atoms with Gasteiger partial charge in [0, 0.05) is 6.54 Å². The number of hydrogen-bond acceptors (Lipinski definition) is 2. The van der Waals surface area contributed by atoms with Crippen molar-refractivity contribution in [2.24, 2.45) is 5.92 Å². The Kier molecular flexibility index (Phi) is 4.19. The molecule has 0 bridgehead atoms. The van der Waals surface area contributed by atoms with E-state index in [2.05, 4.69) is 29.6 Å². The molecule has 1 heterocycles. The van der Waals surface area contributed by atoms with Crippen LogP contribution in [0.4, 0.5) is 0 Å². The van der Waals surface area contributed by atoms with Gasteiger partial charge in [-0.2, -0.15) is 0 Å². The topological polar surface area (TPSA) is 32.3 Å². The maximum absolute atomic E-state index is 10.6. The predicted octanol–water partition coefficient (Wildman–Crippen LogP) is 2.37. The Morgan fingerprint density at radius 3 is 2.76 bits per heavy atom. The molecule has 17 heavy (non-hydrogen) atoms. The van der Waals surface area contributed by atoms with Crippen LogP contribution < -0.4 is 5.32 Å². The van der Waals surface area contributed by atoms with E-state index < -0.39 is 5.60 Å². The molecule has 94 valence electrons. The lowest BCUT2D eigenvalue weighted by molar-refractivity contribution is -0.0176. The number of piperidine rings is 1. The monoisotopic (exact) mass is 233 g/mol. The summed E-state index contributed by atoms with van der Waals surface area (Å²) in [6.07, 6.45) is 4.15. The summed E-state index contributed by atoms with van der Waals surface area (Å²) in [5.74, 6) is 0.403. The van der Waals surface area contributed by atoms with Crippen molar-refractivity contribution in [1.29, 1.82) is 0 Å². The second-order valence-corrected chi connectivity index (χ2v) is 5.39. The molecule has 2 unspecified atom stereocenters. The molecule has 1 aliphatic heterocycles. The van der Waals surface area contributed by atoms with Gasteiger partial charge in [-0.15, -0.1) is 0 Å². The van der Waals surface area contributed by atoms with Crippen molar-refractivity contribution in [2.45, 2.75) is 38.2 Å². The molecule has 0 saturated carbocycles. The minimum atomic E-state index is -0.538. The lowest BCUT2D eigenvalue weighted by Gasteiger charge is -2.36. The van der Waals surface area contributed by atoms with Crippen molar-refractivity contribution < 1.29 is 5.11 Å². The molecule has 2 N–H and O–H groups in total. The molecule has 1 fully saturated rings. The molecule has 0 spiro atoms. The third-order valence-electron chi connectivity index (χ3n) is 3.94. The number of aliphatic hydroxyl groups is 1. The van der Waals surface area contributed by atoms with E-state index in [4.69, 9.17) is 0 Å². The molecule has 0 radical (unpaired) electrons. The molecule has 2 nitrogen and oxygen atoms in total. The lowest BCUT2D eigenvalue weighted by Crippen LogP contribution is -2.44. The van der Waals surface area contributed by atoms with Crippen LogP contribution in [0.15, 0.2) is 30.3 Å². The van der Waals surface area contributed by atoms with Gasteiger partial charge in [0.25, 0.3) is 0 Å². The molecule has 1 aromatic rings. The largest absolute Gasteiger partial charge is 0.390 e. The highest BCUT2D eigenvalue weighted by atomic mass is 16.3. The highest BCUT2D eigenvalue weighted by molar-refractivity contribution is 5.15. The fourth-order valence-electron chi connectivity index (χ4n) is 2.63. The fraction of sp³-hybridized carbons (Fsp3) is 0.600. The van der Waals surface area contributed by atoms with Crippen molar-refractivity contribution in [3.63, 3.8) is 0 Å². The summed E-state index contributed by atoms with van der Waals surface area (Å²) in [6, 6.07) is 10.4. The molecule has 1 aliphatic rings. The molecule has 0 aliphatic carbocycles. The van der Waals surface area contributed by atoms with Gasteiger partial charge in [-0.05, 0) is 50.6 Å². The van der Waals surface area contributed by atoms with Gasteiger partial charge in [-0.1, -0.05) is 30.3 Å². The number of hydrogen-bond donors (Lipinski definition) is 2. The first kappa shape index (κ1) is 12.6. The summed E-state index contributed by atoms with van der Waals surface area (Å²) in [5, 5.41) is 13.9. The van der Waals surface area contributed by atoms with Crippen LogP contribution in [-0.2, 0) is 6.42 Å². The Hall–Kier alpha value is -0.860. The number of rotatable bonds is 4. The average Bonchev–Trinajstić information content (AvgIpc) is 2.39. The molecule has 0 aromatic heterocycles. The van der Waals surface area contributed by atoms with E-state index in [1.54, 1.807) is 0 Å². The zero-order valence-electron chi connectivity index (χ0n) is 10.7. The van der Waals surface area contributed by atoms with Gasteiger partial charge in [0.05, 0.1) is 5.60 Å². The highest BCUT2D eigenvalue weighted by Crippen LogP contribution is 2.28. The van der Waals surface area contributed by atoms with Crippen LogP contribution in [0.1, 0.15) is 31.7 Å². The Bertz CT molecular complexity index is 328. The van der Waals surface area contributed by atoms with Gasteiger partial charge in [0.2, 0.25) is 0 Å². The second-order valence-electron chi connectivity index (χ2n) is 5.39. The van der Waals surface area contributed by atoms with E-state index in [-0.39, 0.29) is 0 Å². The highest BCUT2D eigenvalue weighted by Gasteiger charge is 2.32. The Balaban J connectivity index is 1.88. The van der Waals surface area contributed by atoms with Crippen LogP contribution in [0.25, 0.3) is 0 Å². The van der Waals surface area contributed by atoms with Gasteiger partial charge in [-0.25, -0.2) is 0 Å². The summed E-state index contributed by atoms with van der Waals surface area (Å²) in [6.45, 7) is 4.06. The van der Waals surface area contributed by atoms with Crippen molar-refractivity contribution in [3.8, 4) is 0 Å². The Morgan fingerprint density at radius 1 is 1.35 bits per heavy atom. The van der Waals surface area contributed by atoms with E-state index >= 15 is 0 Å². The van der Waals surface area contributed by atoms with Crippen LogP contribution in [-0.4, -0.2) is 23.8 Å². The van der Waals surface area contributed by atoms with E-state index in [1.807, 2.05) is 13.0 Å². The number of nitrogens with one attached hydrogen (secondary N) is 1. The van der Waals surface area contributed by atoms with E-state index in [9.17, 15) is 5.11 Å². The first-order chi connectivity index (χ1) is 8.18. The van der Waals surface area contributed by atoms with E-state index in [1.165, 1.54) is 12.0 Å². The second kappa shape index (κ2) is 5.65. The molecule has 2 rings (SSSR count). The molecule has 1 saturated heterocycles. The van der Waals surface area contributed by atoms with E-state index in [0.29, 0.717) is 5.92 Å². The third kappa shape index (κ3) is 3.55. The zero-order valence-corrected chi connectivity index (χ0v) is 10.7. The van der Waals surface area contributed by atoms with Gasteiger partial charge >= 0.3 is 0 Å². The Morgan fingerprint density at radius 2 is 2.12 bits per heavy atom. The van der Waals surface area contributed by atoms with Crippen LogP contribution in [0.3, 0.4) is 0 Å². The standard InChI is InChI=1S/C15H23NO/c1-15(17,14-8-5-11-16-12-14)10-9-13-6-3-2-4-7-13/h2-4,6-7,14,16-17H,5,8-12H2,1H3. The maximum atomic E-state index is 10.6. The quantitative estimate of drug-likeness (QED) is 0.837. The minimum absolute atomic E-state index is 0.403.